The summed E-state index contributed by atoms with van der Waals surface area (Å²) in [5.74, 6) is 0.717. The Hall–Kier alpha value is -0.120. The number of rotatable bonds is 10. The molecule has 1 aliphatic rings. The van der Waals surface area contributed by atoms with Gasteiger partial charge in [0.1, 0.15) is 0 Å². The molecule has 0 amide bonds. The largest absolute Gasteiger partial charge is 0.377 e. The van der Waals surface area contributed by atoms with E-state index < -0.39 is 0 Å². The number of hydrogen-bond donors (Lipinski definition) is 1. The summed E-state index contributed by atoms with van der Waals surface area (Å²) in [6.07, 6.45) is 6.68. The number of ether oxygens (including phenoxy) is 1. The summed E-state index contributed by atoms with van der Waals surface area (Å²) in [5.41, 5.74) is 0. The first-order valence-electron chi connectivity index (χ1n) is 8.16. The number of likely N-dealkylation sites (tertiary alicyclic amines) is 1. The Morgan fingerprint density at radius 2 is 2.11 bits per heavy atom. The summed E-state index contributed by atoms with van der Waals surface area (Å²) < 4.78 is 6.09. The van der Waals surface area contributed by atoms with E-state index in [1.807, 2.05) is 0 Å². The Bertz CT molecular complexity index is 221. The van der Waals surface area contributed by atoms with Crippen LogP contribution >= 0.6 is 0 Å². The highest BCUT2D eigenvalue weighted by atomic mass is 16.5. The molecule has 1 fully saturated rings. The first kappa shape index (κ1) is 16.9. The van der Waals surface area contributed by atoms with Crippen LogP contribution in [-0.2, 0) is 4.74 Å². The zero-order valence-corrected chi connectivity index (χ0v) is 13.5. The molecule has 1 saturated heterocycles. The molecule has 0 saturated carbocycles. The molecule has 2 atom stereocenters. The van der Waals surface area contributed by atoms with Gasteiger partial charge < -0.3 is 15.0 Å². The molecule has 0 spiro atoms. The molecule has 3 heteroatoms. The van der Waals surface area contributed by atoms with Crippen molar-refractivity contribution in [2.24, 2.45) is 5.92 Å². The maximum atomic E-state index is 6.09. The van der Waals surface area contributed by atoms with Crippen molar-refractivity contribution in [3.8, 4) is 0 Å². The second-order valence-electron chi connectivity index (χ2n) is 6.40. The van der Waals surface area contributed by atoms with Crippen LogP contribution in [0.4, 0.5) is 0 Å². The molecule has 0 aromatic heterocycles. The maximum absolute atomic E-state index is 6.09. The fraction of sp³-hybridized carbons (Fsp3) is 1.00. The normalized spacial score (nSPS) is 22.3. The monoisotopic (exact) mass is 270 g/mol. The molecule has 19 heavy (non-hydrogen) atoms. The molecule has 0 aromatic carbocycles. The van der Waals surface area contributed by atoms with Gasteiger partial charge in [0, 0.05) is 19.2 Å². The molecule has 1 aliphatic heterocycles. The number of hydrogen-bond acceptors (Lipinski definition) is 3. The molecule has 0 aromatic rings. The van der Waals surface area contributed by atoms with Crippen molar-refractivity contribution in [3.05, 3.63) is 0 Å². The van der Waals surface area contributed by atoms with Crippen molar-refractivity contribution in [1.82, 2.24) is 10.2 Å². The van der Waals surface area contributed by atoms with Gasteiger partial charge >= 0.3 is 0 Å². The van der Waals surface area contributed by atoms with Crippen LogP contribution in [0.3, 0.4) is 0 Å². The highest BCUT2D eigenvalue weighted by Gasteiger charge is 2.20. The van der Waals surface area contributed by atoms with Crippen LogP contribution in [0.15, 0.2) is 0 Å². The van der Waals surface area contributed by atoms with Gasteiger partial charge in [-0.05, 0) is 51.7 Å². The molecule has 1 rings (SSSR count). The summed E-state index contributed by atoms with van der Waals surface area (Å²) in [6, 6.07) is 0.755. The van der Waals surface area contributed by atoms with Crippen LogP contribution in [0.2, 0.25) is 0 Å². The van der Waals surface area contributed by atoms with Crippen molar-refractivity contribution in [3.63, 3.8) is 0 Å². The van der Waals surface area contributed by atoms with E-state index in [9.17, 15) is 0 Å². The fourth-order valence-electron chi connectivity index (χ4n) is 2.81. The quantitative estimate of drug-likeness (QED) is 0.660. The van der Waals surface area contributed by atoms with E-state index in [0.717, 1.165) is 31.7 Å². The lowest BCUT2D eigenvalue weighted by molar-refractivity contribution is 0.0364. The minimum Gasteiger partial charge on any atom is -0.377 e. The summed E-state index contributed by atoms with van der Waals surface area (Å²) >= 11 is 0. The highest BCUT2D eigenvalue weighted by molar-refractivity contribution is 4.76. The Kier molecular flexibility index (Phi) is 8.67. The Labute approximate surface area is 120 Å². The van der Waals surface area contributed by atoms with E-state index in [2.05, 4.69) is 38.0 Å². The molecule has 0 aliphatic carbocycles. The molecule has 2 unspecified atom stereocenters. The molecular weight excluding hydrogens is 236 g/mol. The van der Waals surface area contributed by atoms with Gasteiger partial charge in [-0.1, -0.05) is 27.2 Å². The summed E-state index contributed by atoms with van der Waals surface area (Å²) in [6.45, 7) is 11.0. The van der Waals surface area contributed by atoms with Crippen molar-refractivity contribution >= 4 is 0 Å². The van der Waals surface area contributed by atoms with Gasteiger partial charge in [-0.2, -0.15) is 0 Å². The standard InChI is InChI=1S/C16H34N2O/c1-5-7-16(13-17-12-14(2)3)19-11-9-15-8-6-10-18(15)4/h14-17H,5-13H2,1-4H3. The third kappa shape index (κ3) is 7.28. The van der Waals surface area contributed by atoms with Gasteiger partial charge in [0.15, 0.2) is 0 Å². The Balaban J connectivity index is 2.13. The van der Waals surface area contributed by atoms with Crippen LogP contribution in [0.25, 0.3) is 0 Å². The van der Waals surface area contributed by atoms with Crippen LogP contribution < -0.4 is 5.32 Å². The average molecular weight is 270 g/mol. The maximum Gasteiger partial charge on any atom is 0.0699 e. The lowest BCUT2D eigenvalue weighted by Crippen LogP contribution is -2.33. The average Bonchev–Trinajstić information content (AvgIpc) is 2.75. The lowest BCUT2D eigenvalue weighted by Gasteiger charge is -2.22. The molecule has 3 nitrogen and oxygen atoms in total. The summed E-state index contributed by atoms with van der Waals surface area (Å²) in [4.78, 5) is 2.48. The van der Waals surface area contributed by atoms with Crippen LogP contribution in [0, 0.1) is 5.92 Å². The number of nitrogens with one attached hydrogen (secondary N) is 1. The molecule has 1 N–H and O–H groups in total. The van der Waals surface area contributed by atoms with Gasteiger partial charge in [-0.15, -0.1) is 0 Å². The second-order valence-corrected chi connectivity index (χ2v) is 6.40. The predicted octanol–water partition coefficient (Wildman–Crippen LogP) is 2.90. The van der Waals surface area contributed by atoms with Crippen LogP contribution in [0.5, 0.6) is 0 Å². The smallest absolute Gasteiger partial charge is 0.0699 e. The number of nitrogens with zero attached hydrogens (tertiary/aromatic N) is 1. The third-order valence-corrected chi connectivity index (χ3v) is 4.01. The van der Waals surface area contributed by atoms with Crippen molar-refractivity contribution in [2.75, 3.05) is 33.3 Å². The zero-order valence-electron chi connectivity index (χ0n) is 13.5. The van der Waals surface area contributed by atoms with Crippen molar-refractivity contribution in [2.45, 2.75) is 65.0 Å². The van der Waals surface area contributed by atoms with Crippen LogP contribution in [0.1, 0.15) is 52.9 Å². The van der Waals surface area contributed by atoms with Gasteiger partial charge in [0.25, 0.3) is 0 Å². The van der Waals surface area contributed by atoms with Gasteiger partial charge in [-0.25, -0.2) is 0 Å². The minimum atomic E-state index is 0.399. The van der Waals surface area contributed by atoms with E-state index in [1.165, 1.54) is 38.6 Å². The molecule has 0 radical (unpaired) electrons. The van der Waals surface area contributed by atoms with Gasteiger partial charge in [-0.3, -0.25) is 0 Å². The van der Waals surface area contributed by atoms with E-state index in [1.54, 1.807) is 0 Å². The molecule has 0 bridgehead atoms. The Morgan fingerprint density at radius 1 is 1.32 bits per heavy atom. The van der Waals surface area contributed by atoms with E-state index >= 15 is 0 Å². The van der Waals surface area contributed by atoms with Gasteiger partial charge in [0.05, 0.1) is 6.10 Å². The minimum absolute atomic E-state index is 0.399. The topological polar surface area (TPSA) is 24.5 Å². The van der Waals surface area contributed by atoms with E-state index in [4.69, 9.17) is 4.74 Å². The fourth-order valence-corrected chi connectivity index (χ4v) is 2.81. The molecule has 1 heterocycles. The first-order valence-corrected chi connectivity index (χ1v) is 8.16. The van der Waals surface area contributed by atoms with Crippen LogP contribution in [-0.4, -0.2) is 50.3 Å². The summed E-state index contributed by atoms with van der Waals surface area (Å²) in [7, 11) is 2.24. The van der Waals surface area contributed by atoms with E-state index in [0.29, 0.717) is 6.10 Å². The zero-order chi connectivity index (χ0) is 14.1. The predicted molar refractivity (Wildman–Crippen MR) is 82.6 cm³/mol. The van der Waals surface area contributed by atoms with E-state index in [-0.39, 0.29) is 0 Å². The first-order chi connectivity index (χ1) is 9.13. The second kappa shape index (κ2) is 9.73. The highest BCUT2D eigenvalue weighted by Crippen LogP contribution is 2.18. The summed E-state index contributed by atoms with van der Waals surface area (Å²) in [5, 5.41) is 3.52. The molecular formula is C16H34N2O. The van der Waals surface area contributed by atoms with Crippen molar-refractivity contribution in [1.29, 1.82) is 0 Å². The SMILES string of the molecule is CCCC(CNCC(C)C)OCCC1CCCN1C. The third-order valence-electron chi connectivity index (χ3n) is 4.01. The van der Waals surface area contributed by atoms with Gasteiger partial charge in [0.2, 0.25) is 0 Å². The molecule has 114 valence electrons. The van der Waals surface area contributed by atoms with Crippen molar-refractivity contribution < 1.29 is 4.74 Å². The Morgan fingerprint density at radius 3 is 2.68 bits per heavy atom. The lowest BCUT2D eigenvalue weighted by atomic mass is 10.1.